The first-order valence-corrected chi connectivity index (χ1v) is 5.68. The van der Waals surface area contributed by atoms with Gasteiger partial charge in [0.15, 0.2) is 0 Å². The van der Waals surface area contributed by atoms with Crippen molar-refractivity contribution in [3.8, 4) is 0 Å². The molecular weight excluding hydrogens is 208 g/mol. The van der Waals surface area contributed by atoms with Gasteiger partial charge in [0.25, 0.3) is 0 Å². The molecule has 2 aromatic heterocycles. The minimum Gasteiger partial charge on any atom is -0.361 e. The highest BCUT2D eigenvalue weighted by atomic mass is 14.7. The quantitative estimate of drug-likeness (QED) is 0.477. The predicted octanol–water partition coefficient (Wildman–Crippen LogP) is 3.87. The van der Waals surface area contributed by atoms with Crippen LogP contribution in [-0.2, 0) is 0 Å². The number of benzene rings is 2. The van der Waals surface area contributed by atoms with Gasteiger partial charge < -0.3 is 4.98 Å². The highest BCUT2D eigenvalue weighted by Crippen LogP contribution is 2.29. The molecule has 0 fully saturated rings. The molecule has 0 aliphatic heterocycles. The molecule has 1 N–H and O–H groups in total. The number of para-hydroxylation sites is 1. The molecule has 0 radical (unpaired) electrons. The smallest absolute Gasteiger partial charge is 0.0809 e. The number of rotatable bonds is 0. The first-order valence-electron chi connectivity index (χ1n) is 5.68. The number of hydrogen-bond donors (Lipinski definition) is 1. The van der Waals surface area contributed by atoms with Gasteiger partial charge in [0.2, 0.25) is 0 Å². The van der Waals surface area contributed by atoms with Crippen LogP contribution in [0.5, 0.6) is 0 Å². The fourth-order valence-electron chi connectivity index (χ4n) is 2.44. The van der Waals surface area contributed by atoms with Crippen LogP contribution in [0.2, 0.25) is 0 Å². The van der Waals surface area contributed by atoms with E-state index in [4.69, 9.17) is 4.98 Å². The molecule has 2 heteroatoms. The Morgan fingerprint density at radius 2 is 1.65 bits per heavy atom. The maximum atomic E-state index is 4.72. The van der Waals surface area contributed by atoms with Crippen LogP contribution in [0.1, 0.15) is 0 Å². The van der Waals surface area contributed by atoms with Gasteiger partial charge in [-0.2, -0.15) is 0 Å². The number of pyridine rings is 1. The van der Waals surface area contributed by atoms with E-state index in [1.807, 2.05) is 18.3 Å². The van der Waals surface area contributed by atoms with Gasteiger partial charge in [0.1, 0.15) is 0 Å². The number of hydrogen-bond acceptors (Lipinski definition) is 1. The van der Waals surface area contributed by atoms with Gasteiger partial charge in [-0.3, -0.25) is 0 Å². The highest BCUT2D eigenvalue weighted by Gasteiger charge is 2.07. The fourth-order valence-corrected chi connectivity index (χ4v) is 2.44. The summed E-state index contributed by atoms with van der Waals surface area (Å²) >= 11 is 0. The number of H-pyrrole nitrogens is 1. The van der Waals surface area contributed by atoms with Crippen molar-refractivity contribution in [2.24, 2.45) is 0 Å². The molecule has 0 unspecified atom stereocenters. The first-order chi connectivity index (χ1) is 8.43. The largest absolute Gasteiger partial charge is 0.361 e. The van der Waals surface area contributed by atoms with Crippen molar-refractivity contribution in [3.63, 3.8) is 0 Å². The maximum absolute atomic E-state index is 4.72. The average Bonchev–Trinajstić information content (AvgIpc) is 2.78. The second-order valence-electron chi connectivity index (χ2n) is 4.22. The van der Waals surface area contributed by atoms with E-state index in [1.54, 1.807) is 0 Å². The molecule has 0 aliphatic rings. The van der Waals surface area contributed by atoms with Crippen molar-refractivity contribution < 1.29 is 0 Å². The zero-order valence-corrected chi connectivity index (χ0v) is 9.14. The SMILES string of the molecule is c1ccc2c(c1)nc1c3ccc[nH]c3ccc21. The van der Waals surface area contributed by atoms with Crippen LogP contribution in [-0.4, -0.2) is 9.97 Å². The zero-order valence-electron chi connectivity index (χ0n) is 9.14. The first kappa shape index (κ1) is 8.76. The van der Waals surface area contributed by atoms with E-state index in [2.05, 4.69) is 41.4 Å². The second-order valence-corrected chi connectivity index (χ2v) is 4.22. The van der Waals surface area contributed by atoms with Crippen molar-refractivity contribution in [3.05, 3.63) is 54.7 Å². The van der Waals surface area contributed by atoms with E-state index in [0.717, 1.165) is 16.6 Å². The van der Waals surface area contributed by atoms with Gasteiger partial charge in [-0.15, -0.1) is 0 Å². The molecule has 4 aromatic rings. The van der Waals surface area contributed by atoms with Gasteiger partial charge in [-0.1, -0.05) is 24.3 Å². The third-order valence-electron chi connectivity index (χ3n) is 3.24. The number of aromatic nitrogens is 2. The molecule has 17 heavy (non-hydrogen) atoms. The molecule has 0 atom stereocenters. The van der Waals surface area contributed by atoms with Gasteiger partial charge in [-0.25, -0.2) is 4.98 Å². The highest BCUT2D eigenvalue weighted by molar-refractivity contribution is 6.16. The minimum atomic E-state index is 1.07. The Hall–Kier alpha value is -2.35. The van der Waals surface area contributed by atoms with E-state index < -0.39 is 0 Å². The van der Waals surface area contributed by atoms with Crippen LogP contribution in [0, 0.1) is 0 Å². The molecule has 0 aliphatic carbocycles. The van der Waals surface area contributed by atoms with Crippen molar-refractivity contribution in [1.82, 2.24) is 9.97 Å². The average molecular weight is 218 g/mol. The maximum Gasteiger partial charge on any atom is 0.0809 e. The number of fused-ring (bicyclic) bond motifs is 5. The summed E-state index contributed by atoms with van der Waals surface area (Å²) in [7, 11) is 0. The lowest BCUT2D eigenvalue weighted by molar-refractivity contribution is 1.42. The van der Waals surface area contributed by atoms with E-state index in [-0.39, 0.29) is 0 Å². The third kappa shape index (κ3) is 1.12. The summed E-state index contributed by atoms with van der Waals surface area (Å²) in [6.45, 7) is 0. The molecule has 0 saturated carbocycles. The predicted molar refractivity (Wildman–Crippen MR) is 71.1 cm³/mol. The summed E-state index contributed by atoms with van der Waals surface area (Å²) in [4.78, 5) is 7.97. The Morgan fingerprint density at radius 3 is 2.65 bits per heavy atom. The Morgan fingerprint density at radius 1 is 0.765 bits per heavy atom. The summed E-state index contributed by atoms with van der Waals surface area (Å²) in [5.41, 5.74) is 3.28. The molecule has 0 spiro atoms. The Bertz CT molecular complexity index is 843. The standard InChI is InChI=1S/C15H10N2/c1-2-6-14-10(4-1)11-7-8-13-12(15(11)17-14)5-3-9-16-13/h1-9,16H. The summed E-state index contributed by atoms with van der Waals surface area (Å²) in [6.07, 6.45) is 1.94. The monoisotopic (exact) mass is 218 g/mol. The number of nitrogens with one attached hydrogen (secondary N) is 1. The number of aromatic amines is 1. The fraction of sp³-hybridized carbons (Fsp3) is 0. The molecule has 0 bridgehead atoms. The number of nitrogens with zero attached hydrogens (tertiary/aromatic N) is 1. The molecule has 0 amide bonds. The lowest BCUT2D eigenvalue weighted by atomic mass is 10.1. The van der Waals surface area contributed by atoms with Crippen LogP contribution in [0.4, 0.5) is 0 Å². The van der Waals surface area contributed by atoms with E-state index in [0.29, 0.717) is 0 Å². The molecule has 2 nitrogen and oxygen atoms in total. The minimum absolute atomic E-state index is 1.07. The Kier molecular flexibility index (Phi) is 1.59. The van der Waals surface area contributed by atoms with Crippen molar-refractivity contribution in [1.29, 1.82) is 0 Å². The van der Waals surface area contributed by atoms with Gasteiger partial charge in [0, 0.05) is 27.9 Å². The van der Waals surface area contributed by atoms with Crippen molar-refractivity contribution in [2.75, 3.05) is 0 Å². The molecule has 80 valence electrons. The van der Waals surface area contributed by atoms with Gasteiger partial charge >= 0.3 is 0 Å². The topological polar surface area (TPSA) is 28.7 Å². The molecule has 2 aromatic carbocycles. The van der Waals surface area contributed by atoms with E-state index >= 15 is 0 Å². The lowest BCUT2D eigenvalue weighted by Gasteiger charge is -1.98. The Labute approximate surface area is 97.9 Å². The van der Waals surface area contributed by atoms with Crippen LogP contribution in [0.25, 0.3) is 32.7 Å². The van der Waals surface area contributed by atoms with Gasteiger partial charge in [-0.05, 0) is 24.3 Å². The zero-order chi connectivity index (χ0) is 11.2. The van der Waals surface area contributed by atoms with Gasteiger partial charge in [0.05, 0.1) is 11.0 Å². The van der Waals surface area contributed by atoms with Crippen LogP contribution < -0.4 is 0 Å². The van der Waals surface area contributed by atoms with E-state index in [9.17, 15) is 0 Å². The summed E-state index contributed by atoms with van der Waals surface area (Å²) < 4.78 is 0. The summed E-state index contributed by atoms with van der Waals surface area (Å²) in [6, 6.07) is 16.7. The molecule has 4 rings (SSSR count). The van der Waals surface area contributed by atoms with Crippen LogP contribution in [0.15, 0.2) is 54.7 Å². The molecular formula is C15H10N2. The van der Waals surface area contributed by atoms with Crippen molar-refractivity contribution >= 4 is 32.7 Å². The normalized spacial score (nSPS) is 11.5. The summed E-state index contributed by atoms with van der Waals surface area (Å²) in [5, 5.41) is 3.64. The third-order valence-corrected chi connectivity index (χ3v) is 3.24. The van der Waals surface area contributed by atoms with E-state index in [1.165, 1.54) is 16.2 Å². The van der Waals surface area contributed by atoms with Crippen LogP contribution >= 0.6 is 0 Å². The molecule has 2 heterocycles. The Balaban J connectivity index is 2.34. The molecule has 0 saturated heterocycles. The lowest BCUT2D eigenvalue weighted by Crippen LogP contribution is -1.78. The second kappa shape index (κ2) is 3.08. The van der Waals surface area contributed by atoms with Crippen LogP contribution in [0.3, 0.4) is 0 Å². The summed E-state index contributed by atoms with van der Waals surface area (Å²) in [5.74, 6) is 0. The van der Waals surface area contributed by atoms with Crippen molar-refractivity contribution in [2.45, 2.75) is 0 Å².